The highest BCUT2D eigenvalue weighted by molar-refractivity contribution is 5.93. The lowest BCUT2D eigenvalue weighted by Crippen LogP contribution is -2.14. The predicted molar refractivity (Wildman–Crippen MR) is 97.7 cm³/mol. The summed E-state index contributed by atoms with van der Waals surface area (Å²) in [6.07, 6.45) is 2.96. The zero-order valence-electron chi connectivity index (χ0n) is 14.6. The molecule has 3 N–H and O–H groups in total. The zero-order valence-corrected chi connectivity index (χ0v) is 14.6. The molecule has 0 unspecified atom stereocenters. The van der Waals surface area contributed by atoms with Crippen LogP contribution < -0.4 is 5.73 Å². The van der Waals surface area contributed by atoms with Gasteiger partial charge in [-0.05, 0) is 48.7 Å². The molecule has 6 heteroatoms. The summed E-state index contributed by atoms with van der Waals surface area (Å²) in [7, 11) is 0. The molecule has 0 spiro atoms. The van der Waals surface area contributed by atoms with E-state index in [4.69, 9.17) is 5.73 Å². The molecule has 26 heavy (non-hydrogen) atoms. The topological polar surface area (TPSA) is 71.8 Å². The lowest BCUT2D eigenvalue weighted by atomic mass is 9.95. The van der Waals surface area contributed by atoms with Gasteiger partial charge in [0.1, 0.15) is 11.6 Å². The average molecular weight is 355 g/mol. The number of primary amides is 1. The lowest BCUT2D eigenvalue weighted by molar-refractivity contribution is -0.117. The average Bonchev–Trinajstić information content (AvgIpc) is 2.87. The molecule has 0 fully saturated rings. The lowest BCUT2D eigenvalue weighted by Gasteiger charge is -2.11. The van der Waals surface area contributed by atoms with Crippen molar-refractivity contribution in [2.45, 2.75) is 26.7 Å². The maximum absolute atomic E-state index is 14.9. The van der Waals surface area contributed by atoms with Gasteiger partial charge in [-0.15, -0.1) is 0 Å². The molecule has 0 saturated carbocycles. The summed E-state index contributed by atoms with van der Waals surface area (Å²) in [5.74, 6) is -1.49. The number of H-pyrrole nitrogens is 1. The van der Waals surface area contributed by atoms with Crippen LogP contribution in [-0.2, 0) is 17.6 Å². The van der Waals surface area contributed by atoms with Crippen LogP contribution in [0.4, 0.5) is 8.78 Å². The molecule has 0 aliphatic carbocycles. The molecule has 3 rings (SSSR count). The SMILES string of the molecule is C=Cc1ncc(Cc2c(F)cc(CC(N)=O)c3[nH]c(C)c(C)c23)cc1F. The molecule has 1 amide bonds. The van der Waals surface area contributed by atoms with E-state index >= 15 is 0 Å². The third-order valence-corrected chi connectivity index (χ3v) is 4.58. The van der Waals surface area contributed by atoms with Crippen molar-refractivity contribution in [1.29, 1.82) is 0 Å². The van der Waals surface area contributed by atoms with E-state index in [9.17, 15) is 13.6 Å². The van der Waals surface area contributed by atoms with Gasteiger partial charge in [-0.1, -0.05) is 6.58 Å². The summed E-state index contributed by atoms with van der Waals surface area (Å²) in [6.45, 7) is 7.26. The van der Waals surface area contributed by atoms with Crippen molar-refractivity contribution in [3.05, 3.63) is 70.2 Å². The molecule has 0 bridgehead atoms. The number of nitrogens with one attached hydrogen (secondary N) is 1. The van der Waals surface area contributed by atoms with Crippen LogP contribution in [0.1, 0.15) is 33.6 Å². The molecular formula is C20H19F2N3O. The van der Waals surface area contributed by atoms with Crippen LogP contribution in [0.3, 0.4) is 0 Å². The number of hydrogen-bond acceptors (Lipinski definition) is 2. The molecule has 0 saturated heterocycles. The maximum atomic E-state index is 14.9. The number of amides is 1. The Hall–Kier alpha value is -3.02. The third kappa shape index (κ3) is 3.10. The Morgan fingerprint density at radius 2 is 2.04 bits per heavy atom. The van der Waals surface area contributed by atoms with E-state index in [1.54, 1.807) is 0 Å². The van der Waals surface area contributed by atoms with Gasteiger partial charge in [-0.3, -0.25) is 9.78 Å². The Bertz CT molecular complexity index is 1040. The minimum Gasteiger partial charge on any atom is -0.369 e. The maximum Gasteiger partial charge on any atom is 0.221 e. The molecule has 2 aromatic heterocycles. The van der Waals surface area contributed by atoms with Gasteiger partial charge in [-0.25, -0.2) is 8.78 Å². The molecule has 0 aliphatic heterocycles. The van der Waals surface area contributed by atoms with Gasteiger partial charge in [0.25, 0.3) is 0 Å². The van der Waals surface area contributed by atoms with Crippen LogP contribution in [0.2, 0.25) is 0 Å². The van der Waals surface area contributed by atoms with E-state index in [0.29, 0.717) is 27.6 Å². The predicted octanol–water partition coefficient (Wildman–Crippen LogP) is 3.72. The van der Waals surface area contributed by atoms with Crippen molar-refractivity contribution in [2.24, 2.45) is 5.73 Å². The number of rotatable bonds is 5. The summed E-state index contributed by atoms with van der Waals surface area (Å²) in [5, 5.41) is 0.701. The first-order chi connectivity index (χ1) is 12.3. The fourth-order valence-corrected chi connectivity index (χ4v) is 3.21. The van der Waals surface area contributed by atoms with Crippen LogP contribution in [-0.4, -0.2) is 15.9 Å². The Balaban J connectivity index is 2.17. The van der Waals surface area contributed by atoms with E-state index < -0.39 is 17.5 Å². The second-order valence-corrected chi connectivity index (χ2v) is 6.36. The molecule has 0 atom stereocenters. The fourth-order valence-electron chi connectivity index (χ4n) is 3.21. The van der Waals surface area contributed by atoms with Crippen LogP contribution in [0.15, 0.2) is 24.9 Å². The number of halogens is 2. The Kier molecular flexibility index (Phi) is 4.59. The molecule has 1 aromatic carbocycles. The summed E-state index contributed by atoms with van der Waals surface area (Å²) in [4.78, 5) is 18.5. The second kappa shape index (κ2) is 6.71. The van der Waals surface area contributed by atoms with Crippen molar-refractivity contribution >= 4 is 22.9 Å². The van der Waals surface area contributed by atoms with Crippen molar-refractivity contribution < 1.29 is 13.6 Å². The first-order valence-electron chi connectivity index (χ1n) is 8.16. The first kappa shape index (κ1) is 17.8. The number of nitrogens with two attached hydrogens (primary N) is 1. The molecule has 2 heterocycles. The largest absolute Gasteiger partial charge is 0.369 e. The minimum atomic E-state index is -0.533. The number of pyridine rings is 1. The Labute approximate surface area is 149 Å². The van der Waals surface area contributed by atoms with E-state index in [-0.39, 0.29) is 18.5 Å². The Morgan fingerprint density at radius 3 is 2.65 bits per heavy atom. The number of fused-ring (bicyclic) bond motifs is 1. The van der Waals surface area contributed by atoms with Crippen LogP contribution in [0, 0.1) is 25.5 Å². The van der Waals surface area contributed by atoms with Gasteiger partial charge in [0, 0.05) is 29.3 Å². The molecule has 134 valence electrons. The highest BCUT2D eigenvalue weighted by atomic mass is 19.1. The van der Waals surface area contributed by atoms with Crippen LogP contribution in [0.25, 0.3) is 17.0 Å². The number of aryl methyl sites for hydroxylation is 2. The fraction of sp³-hybridized carbons (Fsp3) is 0.200. The molecule has 0 radical (unpaired) electrons. The summed E-state index contributed by atoms with van der Waals surface area (Å²) >= 11 is 0. The number of nitrogens with zero attached hydrogens (tertiary/aromatic N) is 1. The van der Waals surface area contributed by atoms with Gasteiger partial charge in [-0.2, -0.15) is 0 Å². The van der Waals surface area contributed by atoms with Crippen molar-refractivity contribution in [3.8, 4) is 0 Å². The summed E-state index contributed by atoms with van der Waals surface area (Å²) in [6, 6.07) is 2.65. The van der Waals surface area contributed by atoms with Gasteiger partial charge in [0.05, 0.1) is 17.6 Å². The standard InChI is InChI=1S/C20H19F2N3O/c1-4-17-16(22)6-12(9-24-17)5-14-15(21)7-13(8-18(23)26)20-19(14)10(2)11(3)25-20/h4,6-7,9,25H,1,5,8H2,2-3H3,(H2,23,26). The van der Waals surface area contributed by atoms with Gasteiger partial charge >= 0.3 is 0 Å². The number of carbonyl (C=O) groups is 1. The highest BCUT2D eigenvalue weighted by Gasteiger charge is 2.19. The first-order valence-corrected chi connectivity index (χ1v) is 8.16. The number of hydrogen-bond donors (Lipinski definition) is 2. The van der Waals surface area contributed by atoms with E-state index in [1.165, 1.54) is 24.4 Å². The van der Waals surface area contributed by atoms with Crippen LogP contribution in [0.5, 0.6) is 0 Å². The van der Waals surface area contributed by atoms with E-state index in [1.807, 2.05) is 13.8 Å². The van der Waals surface area contributed by atoms with Crippen LogP contribution >= 0.6 is 0 Å². The van der Waals surface area contributed by atoms with Crippen molar-refractivity contribution in [1.82, 2.24) is 9.97 Å². The van der Waals surface area contributed by atoms with Crippen molar-refractivity contribution in [3.63, 3.8) is 0 Å². The zero-order chi connectivity index (χ0) is 19.0. The van der Waals surface area contributed by atoms with Gasteiger partial charge < -0.3 is 10.7 Å². The second-order valence-electron chi connectivity index (χ2n) is 6.36. The normalized spacial score (nSPS) is 11.1. The number of carbonyl (C=O) groups excluding carboxylic acids is 1. The van der Waals surface area contributed by atoms with Gasteiger partial charge in [0.15, 0.2) is 0 Å². The van der Waals surface area contributed by atoms with E-state index in [2.05, 4.69) is 16.5 Å². The highest BCUT2D eigenvalue weighted by Crippen LogP contribution is 2.32. The monoisotopic (exact) mass is 355 g/mol. The quantitative estimate of drug-likeness (QED) is 0.732. The molecule has 0 aliphatic rings. The molecule has 4 nitrogen and oxygen atoms in total. The minimum absolute atomic E-state index is 0.0582. The number of aromatic amines is 1. The number of benzene rings is 1. The van der Waals surface area contributed by atoms with E-state index in [0.717, 1.165) is 11.3 Å². The summed E-state index contributed by atoms with van der Waals surface area (Å²) < 4.78 is 28.8. The molecular weight excluding hydrogens is 336 g/mol. The molecule has 3 aromatic rings. The smallest absolute Gasteiger partial charge is 0.221 e. The van der Waals surface area contributed by atoms with Crippen molar-refractivity contribution in [2.75, 3.05) is 0 Å². The number of aromatic nitrogens is 2. The Morgan fingerprint density at radius 1 is 1.31 bits per heavy atom. The third-order valence-electron chi connectivity index (χ3n) is 4.58. The summed E-state index contributed by atoms with van der Waals surface area (Å²) in [5.41, 5.74) is 9.38. The van der Waals surface area contributed by atoms with Gasteiger partial charge in [0.2, 0.25) is 5.91 Å².